The Morgan fingerprint density at radius 1 is 0.628 bits per heavy atom. The minimum absolute atomic E-state index is 0.0638. The predicted molar refractivity (Wildman–Crippen MR) is 168 cm³/mol. The number of hydrogen-bond donors (Lipinski definition) is 3. The summed E-state index contributed by atoms with van der Waals surface area (Å²) in [5.74, 6) is -2.66. The van der Waals surface area contributed by atoms with Crippen LogP contribution in [-0.4, -0.2) is 83.6 Å². The first-order valence-electron chi connectivity index (χ1n) is 15.5. The van der Waals surface area contributed by atoms with E-state index in [4.69, 9.17) is 0 Å². The molecule has 10 nitrogen and oxygen atoms in total. The first kappa shape index (κ1) is 35.8. The molecule has 0 spiro atoms. The van der Waals surface area contributed by atoms with Gasteiger partial charge in [-0.1, -0.05) is 85.7 Å². The van der Waals surface area contributed by atoms with Crippen molar-refractivity contribution in [2.45, 2.75) is 105 Å². The summed E-state index contributed by atoms with van der Waals surface area (Å²) >= 11 is 0. The number of benzene rings is 1. The lowest BCUT2D eigenvalue weighted by molar-refractivity contribution is -0.151. The molecule has 2 rings (SSSR count). The second-order valence-corrected chi connectivity index (χ2v) is 13.4. The summed E-state index contributed by atoms with van der Waals surface area (Å²) in [5, 5.41) is 8.65. The fourth-order valence-electron chi connectivity index (χ4n) is 5.60. The van der Waals surface area contributed by atoms with Crippen LogP contribution >= 0.6 is 0 Å². The third-order valence-electron chi connectivity index (χ3n) is 7.95. The summed E-state index contributed by atoms with van der Waals surface area (Å²) in [6.07, 6.45) is 0.915. The molecule has 1 fully saturated rings. The Labute approximate surface area is 257 Å². The molecule has 1 heterocycles. The Morgan fingerprint density at radius 2 is 1.19 bits per heavy atom. The SMILES string of the molecule is CC(C)C[C@@H]1NC(=O)[C@H](C(C)C)NC(=O)[C@H](Cc2ccccc2)NC(=O)[C@H](CC(C)C)N(C)C(=O)[C@H](C(C)C)N(C)C1=O. The minimum Gasteiger partial charge on any atom is -0.342 e. The van der Waals surface area contributed by atoms with Crippen molar-refractivity contribution in [3.05, 3.63) is 35.9 Å². The Hall–Kier alpha value is -3.43. The maximum atomic E-state index is 14.1. The molecule has 1 aromatic rings. The second kappa shape index (κ2) is 15.9. The highest BCUT2D eigenvalue weighted by Gasteiger charge is 2.41. The number of rotatable bonds is 8. The summed E-state index contributed by atoms with van der Waals surface area (Å²) in [6, 6.07) is 4.74. The van der Waals surface area contributed by atoms with Crippen molar-refractivity contribution >= 4 is 29.5 Å². The lowest BCUT2D eigenvalue weighted by Gasteiger charge is -2.38. The van der Waals surface area contributed by atoms with Crippen LogP contribution in [0.15, 0.2) is 30.3 Å². The summed E-state index contributed by atoms with van der Waals surface area (Å²) < 4.78 is 0. The maximum absolute atomic E-state index is 14.1. The number of amides is 5. The first-order valence-corrected chi connectivity index (χ1v) is 15.5. The van der Waals surface area contributed by atoms with E-state index in [0.29, 0.717) is 12.8 Å². The molecule has 0 unspecified atom stereocenters. The molecular formula is C33H53N5O5. The number of carbonyl (C=O) groups excluding carboxylic acids is 5. The van der Waals surface area contributed by atoms with Gasteiger partial charge in [0.2, 0.25) is 29.5 Å². The number of nitrogens with one attached hydrogen (secondary N) is 3. The van der Waals surface area contributed by atoms with Crippen LogP contribution in [0.2, 0.25) is 0 Å². The molecular weight excluding hydrogens is 546 g/mol. The molecule has 240 valence electrons. The van der Waals surface area contributed by atoms with Gasteiger partial charge in [-0.05, 0) is 42.1 Å². The fourth-order valence-corrected chi connectivity index (χ4v) is 5.60. The van der Waals surface area contributed by atoms with Crippen LogP contribution in [0.5, 0.6) is 0 Å². The highest BCUT2D eigenvalue weighted by molar-refractivity contribution is 5.98. The standard InChI is InChI=1S/C33H53N5O5/c1-19(2)16-25-32(42)38(10)28(22(7)8)33(43)37(9)26(17-20(3)4)30(40)34-24(18-23-14-12-11-13-15-23)29(39)36-27(21(5)6)31(41)35-25/h11-15,19-22,24-28H,16-18H2,1-10H3,(H,34,40)(H,35,41)(H,36,39)/t24-,25-,26-,27-,28-/m0/s1. The van der Waals surface area contributed by atoms with Crippen LogP contribution in [0.3, 0.4) is 0 Å². The molecule has 10 heteroatoms. The van der Waals surface area contributed by atoms with E-state index in [2.05, 4.69) is 16.0 Å². The van der Waals surface area contributed by atoms with Gasteiger partial charge in [-0.15, -0.1) is 0 Å². The quantitative estimate of drug-likeness (QED) is 0.424. The second-order valence-electron chi connectivity index (χ2n) is 13.4. The van der Waals surface area contributed by atoms with E-state index in [1.807, 2.05) is 85.7 Å². The largest absolute Gasteiger partial charge is 0.342 e. The van der Waals surface area contributed by atoms with Gasteiger partial charge < -0.3 is 25.8 Å². The van der Waals surface area contributed by atoms with E-state index < -0.39 is 53.8 Å². The Bertz CT molecular complexity index is 1120. The Morgan fingerprint density at radius 3 is 1.70 bits per heavy atom. The van der Waals surface area contributed by atoms with E-state index >= 15 is 0 Å². The average Bonchev–Trinajstić information content (AvgIpc) is 2.92. The van der Waals surface area contributed by atoms with Crippen molar-refractivity contribution < 1.29 is 24.0 Å². The number of carbonyl (C=O) groups is 5. The average molecular weight is 600 g/mol. The third kappa shape index (κ3) is 9.79. The molecule has 0 aromatic heterocycles. The van der Waals surface area contributed by atoms with Gasteiger partial charge in [0.15, 0.2) is 0 Å². The number of hydrogen-bond acceptors (Lipinski definition) is 5. The smallest absolute Gasteiger partial charge is 0.246 e. The van der Waals surface area contributed by atoms with Gasteiger partial charge in [0, 0.05) is 20.5 Å². The maximum Gasteiger partial charge on any atom is 0.246 e. The zero-order valence-corrected chi connectivity index (χ0v) is 27.6. The van der Waals surface area contributed by atoms with E-state index in [9.17, 15) is 24.0 Å². The molecule has 0 saturated carbocycles. The predicted octanol–water partition coefficient (Wildman–Crippen LogP) is 2.76. The first-order chi connectivity index (χ1) is 20.0. The molecule has 43 heavy (non-hydrogen) atoms. The van der Waals surface area contributed by atoms with E-state index in [-0.39, 0.29) is 36.0 Å². The van der Waals surface area contributed by atoms with Gasteiger partial charge in [-0.3, -0.25) is 24.0 Å². The summed E-state index contributed by atoms with van der Waals surface area (Å²) in [6.45, 7) is 15.2. The monoisotopic (exact) mass is 599 g/mol. The van der Waals surface area contributed by atoms with Gasteiger partial charge in [0.05, 0.1) is 0 Å². The summed E-state index contributed by atoms with van der Waals surface area (Å²) in [5.41, 5.74) is 0.834. The lowest BCUT2D eigenvalue weighted by atomic mass is 9.95. The topological polar surface area (TPSA) is 128 Å². The highest BCUT2D eigenvalue weighted by atomic mass is 16.2. The zero-order valence-electron chi connectivity index (χ0n) is 27.6. The molecule has 3 N–H and O–H groups in total. The molecule has 0 aliphatic carbocycles. The molecule has 0 bridgehead atoms. The lowest BCUT2D eigenvalue weighted by Crippen LogP contribution is -2.60. The van der Waals surface area contributed by atoms with Gasteiger partial charge in [-0.25, -0.2) is 0 Å². The van der Waals surface area contributed by atoms with Crippen LogP contribution in [-0.2, 0) is 30.4 Å². The van der Waals surface area contributed by atoms with Gasteiger partial charge >= 0.3 is 0 Å². The van der Waals surface area contributed by atoms with Crippen LogP contribution in [0.4, 0.5) is 0 Å². The van der Waals surface area contributed by atoms with Gasteiger partial charge in [0.25, 0.3) is 0 Å². The van der Waals surface area contributed by atoms with Crippen molar-refractivity contribution in [1.29, 1.82) is 0 Å². The number of nitrogens with zero attached hydrogens (tertiary/aromatic N) is 2. The third-order valence-corrected chi connectivity index (χ3v) is 7.95. The normalized spacial score (nSPS) is 25.2. The Kier molecular flexibility index (Phi) is 13.2. The van der Waals surface area contributed by atoms with Crippen molar-refractivity contribution in [3.8, 4) is 0 Å². The molecule has 0 radical (unpaired) electrons. The Balaban J connectivity index is 2.70. The minimum atomic E-state index is -0.996. The molecule has 5 atom stereocenters. The van der Waals surface area contributed by atoms with Crippen LogP contribution in [0, 0.1) is 23.7 Å². The van der Waals surface area contributed by atoms with Gasteiger partial charge in [0.1, 0.15) is 30.2 Å². The molecule has 1 saturated heterocycles. The zero-order chi connectivity index (χ0) is 32.6. The number of likely N-dealkylation sites (N-methyl/N-ethyl adjacent to an activating group) is 2. The molecule has 1 aliphatic heterocycles. The van der Waals surface area contributed by atoms with Crippen molar-refractivity contribution in [2.24, 2.45) is 23.7 Å². The van der Waals surface area contributed by atoms with Crippen molar-refractivity contribution in [3.63, 3.8) is 0 Å². The van der Waals surface area contributed by atoms with E-state index in [0.717, 1.165) is 5.56 Å². The van der Waals surface area contributed by atoms with Crippen LogP contribution in [0.25, 0.3) is 0 Å². The van der Waals surface area contributed by atoms with E-state index in [1.165, 1.54) is 9.80 Å². The van der Waals surface area contributed by atoms with Gasteiger partial charge in [-0.2, -0.15) is 0 Å². The summed E-state index contributed by atoms with van der Waals surface area (Å²) in [7, 11) is 3.15. The molecule has 5 amide bonds. The van der Waals surface area contributed by atoms with Crippen molar-refractivity contribution in [1.82, 2.24) is 25.8 Å². The molecule has 1 aromatic carbocycles. The summed E-state index contributed by atoms with van der Waals surface area (Å²) in [4.78, 5) is 72.2. The molecule has 1 aliphatic rings. The fraction of sp³-hybridized carbons (Fsp3) is 0.667. The van der Waals surface area contributed by atoms with Crippen LogP contribution in [0.1, 0.15) is 73.8 Å². The highest BCUT2D eigenvalue weighted by Crippen LogP contribution is 2.20. The van der Waals surface area contributed by atoms with E-state index in [1.54, 1.807) is 14.1 Å². The van der Waals surface area contributed by atoms with Crippen LogP contribution < -0.4 is 16.0 Å². The van der Waals surface area contributed by atoms with Crippen molar-refractivity contribution in [2.75, 3.05) is 14.1 Å².